The Kier molecular flexibility index (Phi) is 7.61. The van der Waals surface area contributed by atoms with Gasteiger partial charge in [-0.25, -0.2) is 9.78 Å². The second-order valence-corrected chi connectivity index (χ2v) is 10.2. The lowest BCUT2D eigenvalue weighted by Crippen LogP contribution is -2.40. The zero-order valence-corrected chi connectivity index (χ0v) is 21.0. The van der Waals surface area contributed by atoms with E-state index in [1.807, 2.05) is 54.6 Å². The molecule has 2 heterocycles. The van der Waals surface area contributed by atoms with Gasteiger partial charge in [-0.1, -0.05) is 61.7 Å². The second kappa shape index (κ2) is 11.2. The van der Waals surface area contributed by atoms with Crippen molar-refractivity contribution in [3.05, 3.63) is 60.2 Å². The minimum absolute atomic E-state index is 0.0658. The largest absolute Gasteiger partial charge is 0.412 e. The first-order chi connectivity index (χ1) is 17.6. The molecular formula is C30H35N3O3. The van der Waals surface area contributed by atoms with Crippen molar-refractivity contribution in [3.63, 3.8) is 0 Å². The number of rotatable bonds is 6. The number of hydrogen-bond acceptors (Lipinski definition) is 5. The fourth-order valence-electron chi connectivity index (χ4n) is 5.56. The van der Waals surface area contributed by atoms with Crippen LogP contribution in [0.5, 0.6) is 5.75 Å². The molecule has 0 radical (unpaired) electrons. The number of ketones is 1. The smallest absolute Gasteiger partial charge is 0.409 e. The Morgan fingerprint density at radius 1 is 1.03 bits per heavy atom. The zero-order valence-electron chi connectivity index (χ0n) is 21.0. The molecule has 0 spiro atoms. The Hall–Kier alpha value is -3.25. The molecule has 188 valence electrons. The van der Waals surface area contributed by atoms with Gasteiger partial charge in [0.2, 0.25) is 0 Å². The second-order valence-electron chi connectivity index (χ2n) is 10.2. The van der Waals surface area contributed by atoms with Crippen molar-refractivity contribution in [2.75, 3.05) is 13.1 Å². The topological polar surface area (TPSA) is 71.5 Å². The van der Waals surface area contributed by atoms with E-state index in [2.05, 4.69) is 17.1 Å². The Morgan fingerprint density at radius 3 is 2.47 bits per heavy atom. The maximum absolute atomic E-state index is 13.2. The fourth-order valence-corrected chi connectivity index (χ4v) is 5.56. The number of likely N-dealkylation sites (tertiary alicyclic amines) is 1. The minimum atomic E-state index is -0.418. The van der Waals surface area contributed by atoms with Gasteiger partial charge in [0.25, 0.3) is 0 Å². The number of nitrogens with one attached hydrogen (secondary N) is 1. The number of nitrogens with zero attached hydrogens (tertiary/aromatic N) is 2. The van der Waals surface area contributed by atoms with Crippen LogP contribution in [0.15, 0.2) is 54.6 Å². The molecule has 5 rings (SSSR count). The van der Waals surface area contributed by atoms with E-state index in [-0.39, 0.29) is 6.04 Å². The highest BCUT2D eigenvalue weighted by Crippen LogP contribution is 2.37. The maximum Gasteiger partial charge on any atom is 0.412 e. The first kappa shape index (κ1) is 24.4. The Bertz CT molecular complexity index is 1210. The fraction of sp³-hybridized carbons (Fsp3) is 0.433. The number of carbonyl (C=O) groups is 2. The highest BCUT2D eigenvalue weighted by atomic mass is 16.6. The van der Waals surface area contributed by atoms with Gasteiger partial charge in [-0.15, -0.1) is 0 Å². The SMILES string of the molecule is C[C@H](NC(=O)Oc1c(CN2CCC(=O)CC2)c(-c2ccccc2)nc2ccccc12)C1CCCCC1. The minimum Gasteiger partial charge on any atom is -0.409 e. The van der Waals surface area contributed by atoms with Gasteiger partial charge in [0.05, 0.1) is 11.2 Å². The summed E-state index contributed by atoms with van der Waals surface area (Å²) in [6.07, 6.45) is 6.72. The van der Waals surface area contributed by atoms with Crippen molar-refractivity contribution in [2.45, 2.75) is 64.5 Å². The molecule has 1 aliphatic heterocycles. The molecule has 6 nitrogen and oxygen atoms in total. The van der Waals surface area contributed by atoms with Crippen molar-refractivity contribution in [3.8, 4) is 17.0 Å². The third kappa shape index (κ3) is 5.59. The summed E-state index contributed by atoms with van der Waals surface area (Å²) in [5, 5.41) is 3.94. The van der Waals surface area contributed by atoms with E-state index in [0.29, 0.717) is 49.9 Å². The molecule has 1 atom stereocenters. The molecule has 1 aliphatic carbocycles. The number of Topliss-reactive ketones (excluding diaryl/α,β-unsaturated/α-hetero) is 1. The molecule has 1 N–H and O–H groups in total. The van der Waals surface area contributed by atoms with Crippen molar-refractivity contribution < 1.29 is 14.3 Å². The molecule has 0 bridgehead atoms. The summed E-state index contributed by atoms with van der Waals surface area (Å²) in [5.74, 6) is 1.36. The van der Waals surface area contributed by atoms with Gasteiger partial charge >= 0.3 is 6.09 Å². The first-order valence-electron chi connectivity index (χ1n) is 13.3. The molecule has 6 heteroatoms. The van der Waals surface area contributed by atoms with Crippen LogP contribution in [0.1, 0.15) is 57.4 Å². The van der Waals surface area contributed by atoms with Gasteiger partial charge < -0.3 is 10.1 Å². The maximum atomic E-state index is 13.2. The van der Waals surface area contributed by atoms with Crippen LogP contribution in [0.4, 0.5) is 4.79 Å². The average Bonchev–Trinajstić information content (AvgIpc) is 2.92. The molecule has 1 saturated carbocycles. The Balaban J connectivity index is 1.51. The third-order valence-corrected chi connectivity index (χ3v) is 7.68. The highest BCUT2D eigenvalue weighted by Gasteiger charge is 2.26. The summed E-state index contributed by atoms with van der Waals surface area (Å²) in [5.41, 5.74) is 3.47. The summed E-state index contributed by atoms with van der Waals surface area (Å²) >= 11 is 0. The third-order valence-electron chi connectivity index (χ3n) is 7.68. The first-order valence-corrected chi connectivity index (χ1v) is 13.3. The molecule has 2 fully saturated rings. The summed E-state index contributed by atoms with van der Waals surface area (Å²) < 4.78 is 6.16. The van der Waals surface area contributed by atoms with E-state index < -0.39 is 6.09 Å². The Labute approximate surface area is 213 Å². The van der Waals surface area contributed by atoms with Crippen LogP contribution in [0.2, 0.25) is 0 Å². The van der Waals surface area contributed by atoms with E-state index in [9.17, 15) is 9.59 Å². The van der Waals surface area contributed by atoms with Crippen LogP contribution >= 0.6 is 0 Å². The van der Waals surface area contributed by atoms with E-state index in [4.69, 9.17) is 9.72 Å². The van der Waals surface area contributed by atoms with E-state index in [1.54, 1.807) is 0 Å². The number of aromatic nitrogens is 1. The average molecular weight is 486 g/mol. The van der Waals surface area contributed by atoms with Crippen LogP contribution in [0, 0.1) is 5.92 Å². The predicted molar refractivity (Wildman–Crippen MR) is 142 cm³/mol. The Morgan fingerprint density at radius 2 is 1.72 bits per heavy atom. The van der Waals surface area contributed by atoms with Crippen molar-refractivity contribution in [2.24, 2.45) is 5.92 Å². The molecular weight excluding hydrogens is 450 g/mol. The van der Waals surface area contributed by atoms with E-state index in [1.165, 1.54) is 19.3 Å². The molecule has 3 aromatic rings. The number of amides is 1. The monoisotopic (exact) mass is 485 g/mol. The van der Waals surface area contributed by atoms with Gasteiger partial charge in [-0.3, -0.25) is 9.69 Å². The van der Waals surface area contributed by atoms with Gasteiger partial charge in [0.1, 0.15) is 11.5 Å². The molecule has 1 aromatic heterocycles. The molecule has 36 heavy (non-hydrogen) atoms. The molecule has 1 saturated heterocycles. The number of carbonyl (C=O) groups excluding carboxylic acids is 2. The highest BCUT2D eigenvalue weighted by molar-refractivity contribution is 5.92. The summed E-state index contributed by atoms with van der Waals surface area (Å²) in [6, 6.07) is 17.9. The van der Waals surface area contributed by atoms with Crippen LogP contribution in [-0.4, -0.2) is 40.9 Å². The van der Waals surface area contributed by atoms with Gasteiger partial charge in [0, 0.05) is 55.0 Å². The lowest BCUT2D eigenvalue weighted by Gasteiger charge is -2.29. The van der Waals surface area contributed by atoms with Crippen LogP contribution in [-0.2, 0) is 11.3 Å². The number of para-hydroxylation sites is 1. The molecule has 0 unspecified atom stereocenters. The molecule has 1 amide bonds. The van der Waals surface area contributed by atoms with Crippen molar-refractivity contribution in [1.82, 2.24) is 15.2 Å². The van der Waals surface area contributed by atoms with Crippen molar-refractivity contribution >= 4 is 22.8 Å². The van der Waals surface area contributed by atoms with Gasteiger partial charge in [-0.05, 0) is 37.8 Å². The number of hydrogen-bond donors (Lipinski definition) is 1. The summed E-state index contributed by atoms with van der Waals surface area (Å²) in [6.45, 7) is 4.05. The normalized spacial score (nSPS) is 18.2. The molecule has 2 aliphatic rings. The number of fused-ring (bicyclic) bond motifs is 1. The lowest BCUT2D eigenvalue weighted by molar-refractivity contribution is -0.121. The zero-order chi connectivity index (χ0) is 24.9. The van der Waals surface area contributed by atoms with E-state index >= 15 is 0 Å². The predicted octanol–water partition coefficient (Wildman–Crippen LogP) is 6.12. The van der Waals surface area contributed by atoms with Crippen LogP contribution < -0.4 is 10.1 Å². The summed E-state index contributed by atoms with van der Waals surface area (Å²) in [4.78, 5) is 32.4. The summed E-state index contributed by atoms with van der Waals surface area (Å²) in [7, 11) is 0. The number of ether oxygens (including phenoxy) is 1. The molecule has 2 aromatic carbocycles. The van der Waals surface area contributed by atoms with Crippen LogP contribution in [0.3, 0.4) is 0 Å². The van der Waals surface area contributed by atoms with Gasteiger partial charge in [-0.2, -0.15) is 0 Å². The number of benzene rings is 2. The van der Waals surface area contributed by atoms with E-state index in [0.717, 1.165) is 40.6 Å². The standard InChI is InChI=1S/C30H35N3O3/c1-21(22-10-4-2-5-11-22)31-30(35)36-29-25-14-8-9-15-27(25)32-28(23-12-6-3-7-13-23)26(29)20-33-18-16-24(34)17-19-33/h3,6-9,12-15,21-22H,2,4-5,10-11,16-20H2,1H3,(H,31,35)/t21-/m0/s1. The van der Waals surface area contributed by atoms with Gasteiger partial charge in [0.15, 0.2) is 0 Å². The van der Waals surface area contributed by atoms with Crippen LogP contribution in [0.25, 0.3) is 22.2 Å². The number of piperidine rings is 1. The quantitative estimate of drug-likeness (QED) is 0.455. The van der Waals surface area contributed by atoms with Crippen molar-refractivity contribution in [1.29, 1.82) is 0 Å². The lowest BCUT2D eigenvalue weighted by atomic mass is 9.85. The number of pyridine rings is 1.